The van der Waals surface area contributed by atoms with Crippen LogP contribution in [0.3, 0.4) is 0 Å². The number of ketones is 1. The zero-order valence-corrected chi connectivity index (χ0v) is 8.50. The number of Topliss-reactive ketones (excluding diaryl/α,β-unsaturated/α-hetero) is 1. The Morgan fingerprint density at radius 3 is 2.64 bits per heavy atom. The minimum atomic E-state index is -0.487. The van der Waals surface area contributed by atoms with Crippen molar-refractivity contribution in [3.63, 3.8) is 0 Å². The maximum absolute atomic E-state index is 12.7. The first-order chi connectivity index (χ1) is 6.50. The number of benzene rings is 1. The second kappa shape index (κ2) is 4.22. The number of halogens is 1. The highest BCUT2D eigenvalue weighted by atomic mass is 19.1. The van der Waals surface area contributed by atoms with Crippen molar-refractivity contribution in [1.82, 2.24) is 0 Å². The van der Waals surface area contributed by atoms with Gasteiger partial charge in [-0.3, -0.25) is 4.79 Å². The van der Waals surface area contributed by atoms with Crippen LogP contribution in [0.5, 0.6) is 5.75 Å². The number of rotatable bonds is 3. The highest BCUT2D eigenvalue weighted by molar-refractivity contribution is 5.80. The van der Waals surface area contributed by atoms with Crippen molar-refractivity contribution in [3.05, 3.63) is 29.6 Å². The van der Waals surface area contributed by atoms with Crippen molar-refractivity contribution in [2.24, 2.45) is 0 Å². The summed E-state index contributed by atoms with van der Waals surface area (Å²) in [5.74, 6) is 0.202. The lowest BCUT2D eigenvalue weighted by atomic mass is 10.2. The van der Waals surface area contributed by atoms with E-state index >= 15 is 0 Å². The van der Waals surface area contributed by atoms with Crippen LogP contribution >= 0.6 is 0 Å². The monoisotopic (exact) mass is 196 g/mol. The van der Waals surface area contributed by atoms with Gasteiger partial charge in [-0.2, -0.15) is 0 Å². The van der Waals surface area contributed by atoms with Gasteiger partial charge < -0.3 is 4.74 Å². The zero-order valence-electron chi connectivity index (χ0n) is 8.50. The summed E-state index contributed by atoms with van der Waals surface area (Å²) in [6, 6.07) is 4.22. The Morgan fingerprint density at radius 2 is 2.14 bits per heavy atom. The molecular formula is C11H13FO2. The highest BCUT2D eigenvalue weighted by Crippen LogP contribution is 2.19. The largest absolute Gasteiger partial charge is 0.483 e. The molecule has 1 atom stereocenters. The molecule has 0 saturated carbocycles. The van der Waals surface area contributed by atoms with Gasteiger partial charge in [0.15, 0.2) is 11.9 Å². The maximum Gasteiger partial charge on any atom is 0.169 e. The predicted molar refractivity (Wildman–Crippen MR) is 51.9 cm³/mol. The fourth-order valence-corrected chi connectivity index (χ4v) is 1.02. The number of carbonyl (C=O) groups excluding carboxylic acids is 1. The number of hydrogen-bond donors (Lipinski definition) is 0. The molecule has 0 aliphatic carbocycles. The van der Waals surface area contributed by atoms with E-state index in [0.717, 1.165) is 0 Å². The molecule has 0 saturated heterocycles. The average Bonchev–Trinajstić information content (AvgIpc) is 2.09. The van der Waals surface area contributed by atoms with Crippen LogP contribution in [0.15, 0.2) is 18.2 Å². The topological polar surface area (TPSA) is 26.3 Å². The Labute approximate surface area is 82.7 Å². The molecule has 1 aromatic carbocycles. The van der Waals surface area contributed by atoms with E-state index in [9.17, 15) is 9.18 Å². The Balaban J connectivity index is 2.82. The molecule has 14 heavy (non-hydrogen) atoms. The van der Waals surface area contributed by atoms with Gasteiger partial charge in [-0.25, -0.2) is 4.39 Å². The molecule has 0 spiro atoms. The summed E-state index contributed by atoms with van der Waals surface area (Å²) in [5.41, 5.74) is 0.693. The summed E-state index contributed by atoms with van der Waals surface area (Å²) in [5, 5.41) is 0. The molecule has 0 fully saturated rings. The zero-order chi connectivity index (χ0) is 10.7. The van der Waals surface area contributed by atoms with Crippen LogP contribution in [0.25, 0.3) is 0 Å². The summed E-state index contributed by atoms with van der Waals surface area (Å²) >= 11 is 0. The second-order valence-corrected chi connectivity index (χ2v) is 3.28. The molecule has 0 aromatic heterocycles. The van der Waals surface area contributed by atoms with E-state index in [4.69, 9.17) is 4.74 Å². The Morgan fingerprint density at radius 1 is 1.50 bits per heavy atom. The SMILES string of the molecule is CC(=O)C(C)Oc1ccc(F)cc1C. The first kappa shape index (κ1) is 10.7. The van der Waals surface area contributed by atoms with Crippen LogP contribution in [-0.2, 0) is 4.79 Å². The van der Waals surface area contributed by atoms with Gasteiger partial charge in [0.1, 0.15) is 11.6 Å². The van der Waals surface area contributed by atoms with E-state index in [0.29, 0.717) is 11.3 Å². The van der Waals surface area contributed by atoms with Crippen LogP contribution in [-0.4, -0.2) is 11.9 Å². The van der Waals surface area contributed by atoms with Crippen LogP contribution in [0.1, 0.15) is 19.4 Å². The fraction of sp³-hybridized carbons (Fsp3) is 0.364. The molecular weight excluding hydrogens is 183 g/mol. The Bertz CT molecular complexity index is 347. The standard InChI is InChI=1S/C11H13FO2/c1-7-6-10(12)4-5-11(7)14-9(3)8(2)13/h4-6,9H,1-3H3. The molecule has 2 nitrogen and oxygen atoms in total. The number of carbonyl (C=O) groups is 1. The van der Waals surface area contributed by atoms with Gasteiger partial charge in [0.2, 0.25) is 0 Å². The van der Waals surface area contributed by atoms with Crippen molar-refractivity contribution >= 4 is 5.78 Å². The lowest BCUT2D eigenvalue weighted by molar-refractivity contribution is -0.122. The Hall–Kier alpha value is -1.38. The van der Waals surface area contributed by atoms with Crippen molar-refractivity contribution in [1.29, 1.82) is 0 Å². The minimum Gasteiger partial charge on any atom is -0.483 e. The molecule has 76 valence electrons. The van der Waals surface area contributed by atoms with E-state index in [-0.39, 0.29) is 11.6 Å². The molecule has 1 unspecified atom stereocenters. The van der Waals surface area contributed by atoms with Gasteiger partial charge in [-0.15, -0.1) is 0 Å². The summed E-state index contributed by atoms with van der Waals surface area (Å²) < 4.78 is 18.1. The average molecular weight is 196 g/mol. The van der Waals surface area contributed by atoms with Gasteiger partial charge in [0.05, 0.1) is 0 Å². The van der Waals surface area contributed by atoms with Crippen LogP contribution < -0.4 is 4.74 Å². The molecule has 1 rings (SSSR count). The van der Waals surface area contributed by atoms with E-state index in [1.807, 2.05) is 0 Å². The molecule has 0 aliphatic heterocycles. The maximum atomic E-state index is 12.7. The van der Waals surface area contributed by atoms with Crippen molar-refractivity contribution in [2.45, 2.75) is 26.9 Å². The van der Waals surface area contributed by atoms with Gasteiger partial charge in [-0.05, 0) is 44.5 Å². The van der Waals surface area contributed by atoms with E-state index in [1.165, 1.54) is 25.1 Å². The quantitative estimate of drug-likeness (QED) is 0.742. The number of ether oxygens (including phenoxy) is 1. The molecule has 0 radical (unpaired) electrons. The smallest absolute Gasteiger partial charge is 0.169 e. The normalized spacial score (nSPS) is 12.3. The third kappa shape index (κ3) is 2.55. The lowest BCUT2D eigenvalue weighted by Gasteiger charge is -2.13. The highest BCUT2D eigenvalue weighted by Gasteiger charge is 2.10. The number of hydrogen-bond acceptors (Lipinski definition) is 2. The van der Waals surface area contributed by atoms with Crippen LogP contribution in [0.4, 0.5) is 4.39 Å². The molecule has 3 heteroatoms. The molecule has 0 heterocycles. The first-order valence-corrected chi connectivity index (χ1v) is 4.44. The van der Waals surface area contributed by atoms with Gasteiger partial charge in [0, 0.05) is 0 Å². The third-order valence-electron chi connectivity index (χ3n) is 2.01. The van der Waals surface area contributed by atoms with Gasteiger partial charge in [-0.1, -0.05) is 0 Å². The molecule has 0 N–H and O–H groups in total. The molecule has 0 aliphatic rings. The van der Waals surface area contributed by atoms with E-state index in [1.54, 1.807) is 13.8 Å². The van der Waals surface area contributed by atoms with Crippen LogP contribution in [0, 0.1) is 12.7 Å². The molecule has 0 amide bonds. The first-order valence-electron chi connectivity index (χ1n) is 4.44. The van der Waals surface area contributed by atoms with Crippen molar-refractivity contribution < 1.29 is 13.9 Å². The summed E-state index contributed by atoms with van der Waals surface area (Å²) in [7, 11) is 0. The second-order valence-electron chi connectivity index (χ2n) is 3.28. The van der Waals surface area contributed by atoms with E-state index < -0.39 is 6.10 Å². The van der Waals surface area contributed by atoms with Crippen LogP contribution in [0.2, 0.25) is 0 Å². The molecule has 1 aromatic rings. The fourth-order valence-electron chi connectivity index (χ4n) is 1.02. The van der Waals surface area contributed by atoms with Gasteiger partial charge >= 0.3 is 0 Å². The molecule has 0 bridgehead atoms. The Kier molecular flexibility index (Phi) is 3.23. The summed E-state index contributed by atoms with van der Waals surface area (Å²) in [4.78, 5) is 10.9. The van der Waals surface area contributed by atoms with Crippen molar-refractivity contribution in [2.75, 3.05) is 0 Å². The predicted octanol–water partition coefficient (Wildman–Crippen LogP) is 2.49. The number of aryl methyl sites for hydroxylation is 1. The summed E-state index contributed by atoms with van der Waals surface area (Å²) in [6.07, 6.45) is -0.487. The summed E-state index contributed by atoms with van der Waals surface area (Å²) in [6.45, 7) is 4.87. The van der Waals surface area contributed by atoms with E-state index in [2.05, 4.69) is 0 Å². The minimum absolute atomic E-state index is 0.0475. The van der Waals surface area contributed by atoms with Crippen molar-refractivity contribution in [3.8, 4) is 5.75 Å². The van der Waals surface area contributed by atoms with Gasteiger partial charge in [0.25, 0.3) is 0 Å². The lowest BCUT2D eigenvalue weighted by Crippen LogP contribution is -2.21. The third-order valence-corrected chi connectivity index (χ3v) is 2.01.